The molecule has 2 saturated carbocycles. The maximum atomic E-state index is 12.5. The molecule has 3 aromatic rings. The average molecular weight is 725 g/mol. The third-order valence-corrected chi connectivity index (χ3v) is 8.74. The molecule has 0 radical (unpaired) electrons. The predicted molar refractivity (Wildman–Crippen MR) is 191 cm³/mol. The maximum absolute atomic E-state index is 12.5. The van der Waals surface area contributed by atoms with Crippen molar-refractivity contribution in [2.24, 2.45) is 4.99 Å². The van der Waals surface area contributed by atoms with Crippen LogP contribution >= 0.6 is 0 Å². The maximum Gasteiger partial charge on any atom is 0.247 e. The molecule has 5 N–H and O–H groups in total. The summed E-state index contributed by atoms with van der Waals surface area (Å²) in [6, 6.07) is 0. The first-order chi connectivity index (χ1) is 25.2. The van der Waals surface area contributed by atoms with Crippen LogP contribution in [0.5, 0.6) is 11.8 Å². The molecule has 18 heteroatoms. The summed E-state index contributed by atoms with van der Waals surface area (Å²) in [5.41, 5.74) is 13.1. The van der Waals surface area contributed by atoms with Gasteiger partial charge in [0.15, 0.2) is 22.7 Å². The fourth-order valence-electron chi connectivity index (χ4n) is 5.96. The number of aliphatic imine (C=N–C) groups is 1. The molecule has 0 unspecified atom stereocenters. The summed E-state index contributed by atoms with van der Waals surface area (Å²) in [5.74, 6) is 0.717. The van der Waals surface area contributed by atoms with Gasteiger partial charge < -0.3 is 45.2 Å². The zero-order chi connectivity index (χ0) is 37.0. The van der Waals surface area contributed by atoms with Crippen LogP contribution in [-0.4, -0.2) is 106 Å². The molecule has 0 amide bonds. The van der Waals surface area contributed by atoms with Crippen LogP contribution in [0.3, 0.4) is 0 Å². The number of hydrogen-bond donors (Lipinski definition) is 3. The lowest BCUT2D eigenvalue weighted by atomic mass is 9.98. The van der Waals surface area contributed by atoms with E-state index in [0.29, 0.717) is 34.3 Å². The molecule has 282 valence electrons. The normalized spacial score (nSPS) is 17.5. The number of hydrogen-bond acceptors (Lipinski definition) is 18. The van der Waals surface area contributed by atoms with E-state index in [1.165, 1.54) is 33.3 Å². The molecule has 0 aromatic carbocycles. The van der Waals surface area contributed by atoms with Gasteiger partial charge in [-0.1, -0.05) is 12.8 Å². The van der Waals surface area contributed by atoms with Crippen LogP contribution in [0.2, 0.25) is 0 Å². The predicted octanol–water partition coefficient (Wildman–Crippen LogP) is 3.75. The van der Waals surface area contributed by atoms with Gasteiger partial charge in [-0.15, -0.1) is 0 Å². The lowest BCUT2D eigenvalue weighted by Crippen LogP contribution is -2.35. The fraction of sp³-hybridized carbons (Fsp3) is 0.618. The van der Waals surface area contributed by atoms with Crippen molar-refractivity contribution in [2.75, 3.05) is 51.1 Å². The van der Waals surface area contributed by atoms with Gasteiger partial charge in [0.05, 0.1) is 12.7 Å². The van der Waals surface area contributed by atoms with E-state index in [4.69, 9.17) is 39.9 Å². The number of ether oxygens (including phenoxy) is 6. The Morgan fingerprint density at radius 2 is 1.33 bits per heavy atom. The number of nitrogens with two attached hydrogens (primary N) is 2. The number of anilines is 3. The number of rotatable bonds is 14. The largest absolute Gasteiger partial charge is 0.473 e. The van der Waals surface area contributed by atoms with E-state index in [1.54, 1.807) is 13.8 Å². The molecule has 2 fully saturated rings. The molecule has 0 bridgehead atoms. The Morgan fingerprint density at radius 1 is 0.769 bits per heavy atom. The first kappa shape index (κ1) is 38.6. The van der Waals surface area contributed by atoms with Crippen molar-refractivity contribution in [1.29, 1.82) is 0 Å². The van der Waals surface area contributed by atoms with E-state index in [1.807, 2.05) is 0 Å². The van der Waals surface area contributed by atoms with Gasteiger partial charge in [-0.05, 0) is 65.2 Å². The fourth-order valence-corrected chi connectivity index (χ4v) is 5.96. The molecule has 2 atom stereocenters. The third-order valence-electron chi connectivity index (χ3n) is 8.74. The number of ketones is 2. The molecule has 52 heavy (non-hydrogen) atoms. The second kappa shape index (κ2) is 18.7. The van der Waals surface area contributed by atoms with Crippen molar-refractivity contribution in [1.82, 2.24) is 29.9 Å². The van der Waals surface area contributed by atoms with E-state index in [0.717, 1.165) is 51.4 Å². The number of methoxy groups -OCH3 is 2. The lowest BCUT2D eigenvalue weighted by Gasteiger charge is -2.25. The van der Waals surface area contributed by atoms with Crippen molar-refractivity contribution in [2.45, 2.75) is 102 Å². The van der Waals surface area contributed by atoms with Crippen LogP contribution in [0.4, 0.5) is 23.4 Å². The zero-order valence-corrected chi connectivity index (χ0v) is 30.1. The van der Waals surface area contributed by atoms with E-state index >= 15 is 0 Å². The smallest absolute Gasteiger partial charge is 0.247 e. The molecule has 18 nitrogen and oxygen atoms in total. The van der Waals surface area contributed by atoms with Crippen LogP contribution in [0.1, 0.15) is 88.5 Å². The molecule has 0 saturated heterocycles. The van der Waals surface area contributed by atoms with Gasteiger partial charge in [-0.2, -0.15) is 19.9 Å². The Bertz CT molecular complexity index is 1720. The molecular weight excluding hydrogens is 676 g/mol. The Kier molecular flexibility index (Phi) is 13.9. The molecule has 1 aliphatic heterocycles. The van der Waals surface area contributed by atoms with Gasteiger partial charge in [0, 0.05) is 14.2 Å². The number of fused-ring (bicyclic) bond motifs is 2. The molecule has 3 aliphatic rings. The summed E-state index contributed by atoms with van der Waals surface area (Å²) >= 11 is 0. The van der Waals surface area contributed by atoms with Crippen molar-refractivity contribution < 1.29 is 38.0 Å². The van der Waals surface area contributed by atoms with Crippen LogP contribution in [0.25, 0.3) is 11.2 Å². The van der Waals surface area contributed by atoms with Crippen LogP contribution in [0, 0.1) is 0 Å². The second-order valence-corrected chi connectivity index (χ2v) is 12.7. The number of nitrogens with zero attached hydrogens (tertiary/aromatic N) is 7. The van der Waals surface area contributed by atoms with Gasteiger partial charge in [-0.3, -0.25) is 9.59 Å². The van der Waals surface area contributed by atoms with E-state index in [2.05, 4.69) is 40.2 Å². The van der Waals surface area contributed by atoms with Gasteiger partial charge in [-0.25, -0.2) is 15.0 Å². The van der Waals surface area contributed by atoms with Crippen molar-refractivity contribution in [3.05, 3.63) is 11.9 Å². The summed E-state index contributed by atoms with van der Waals surface area (Å²) in [5, 5.41) is 3.07. The van der Waals surface area contributed by atoms with Gasteiger partial charge in [0.25, 0.3) is 0 Å². The monoisotopic (exact) mass is 724 g/mol. The van der Waals surface area contributed by atoms with Crippen LogP contribution in [0.15, 0.2) is 11.2 Å². The van der Waals surface area contributed by atoms with E-state index in [-0.39, 0.29) is 67.4 Å². The Balaban J connectivity index is 0.000000201. The third kappa shape index (κ3) is 10.2. The molecule has 3 aromatic heterocycles. The molecular formula is C34H48N10O8. The van der Waals surface area contributed by atoms with E-state index in [9.17, 15) is 9.59 Å². The van der Waals surface area contributed by atoms with E-state index < -0.39 is 12.2 Å². The highest BCUT2D eigenvalue weighted by atomic mass is 16.7. The highest BCUT2D eigenvalue weighted by Gasteiger charge is 2.28. The van der Waals surface area contributed by atoms with Gasteiger partial charge in [0.2, 0.25) is 35.2 Å². The zero-order valence-electron chi connectivity index (χ0n) is 30.1. The van der Waals surface area contributed by atoms with Crippen molar-refractivity contribution in [3.8, 4) is 11.8 Å². The summed E-state index contributed by atoms with van der Waals surface area (Å²) in [6.07, 6.45) is 10.9. The Morgan fingerprint density at radius 3 is 1.94 bits per heavy atom. The van der Waals surface area contributed by atoms with Crippen LogP contribution < -0.4 is 26.3 Å². The van der Waals surface area contributed by atoms with Crippen LogP contribution in [-0.2, 0) is 23.7 Å². The molecule has 6 rings (SSSR count). The summed E-state index contributed by atoms with van der Waals surface area (Å²) in [6.45, 7) is 3.60. The van der Waals surface area contributed by atoms with Gasteiger partial charge >= 0.3 is 0 Å². The Hall–Kier alpha value is -4.65. The standard InChI is InChI=1S/C17H25N5O4.C17H23N5O4/c2*1-10(25-9-24-2)14(23)12-8-19-15-13(20-12)16(22-17(18)21-15)26-11-6-4-3-5-7-11/h10-11H,3-9H2,1-2H3,(H3,18,19,21,22);8,10-11H,3-7,9H2,1-2H3,(H2,18,19,21,22)/t2*10-/m00/s1. The van der Waals surface area contributed by atoms with Gasteiger partial charge in [0.1, 0.15) is 49.4 Å². The topological polar surface area (TPSA) is 243 Å². The highest BCUT2D eigenvalue weighted by Crippen LogP contribution is 2.37. The molecule has 4 heterocycles. The first-order valence-corrected chi connectivity index (χ1v) is 17.6. The summed E-state index contributed by atoms with van der Waals surface area (Å²) < 4.78 is 32.3. The average Bonchev–Trinajstić information content (AvgIpc) is 3.16. The SMILES string of the molecule is COCO[C@@H](C)C(=O)C1=Nc2c(nc(N)nc2OC2CCCCC2)NC1.COCO[C@@H](C)C(=O)c1cnc2nc(N)nc(OC3CCCCC3)c2n1. The molecule has 2 aliphatic carbocycles. The lowest BCUT2D eigenvalue weighted by molar-refractivity contribution is -0.131. The Labute approximate surface area is 301 Å². The van der Waals surface area contributed by atoms with Crippen molar-refractivity contribution in [3.63, 3.8) is 0 Å². The minimum Gasteiger partial charge on any atom is -0.473 e. The first-order valence-electron chi connectivity index (χ1n) is 17.6. The minimum atomic E-state index is -0.709. The number of Topliss-reactive ketones (excluding diaryl/α,β-unsaturated/α-hetero) is 2. The second-order valence-electron chi connectivity index (χ2n) is 12.7. The quantitative estimate of drug-likeness (QED) is 0.158. The number of nitrogens with one attached hydrogen (secondary N) is 1. The summed E-state index contributed by atoms with van der Waals surface area (Å²) in [7, 11) is 2.99. The number of carbonyl (C=O) groups is 2. The molecule has 0 spiro atoms. The number of nitrogen functional groups attached to an aromatic ring is 2. The number of carbonyl (C=O) groups excluding carboxylic acids is 2. The number of aromatic nitrogens is 6. The summed E-state index contributed by atoms with van der Waals surface area (Å²) in [4.78, 5) is 54.6. The van der Waals surface area contributed by atoms with Crippen molar-refractivity contribution >= 4 is 51.8 Å². The highest BCUT2D eigenvalue weighted by molar-refractivity contribution is 6.43. The minimum absolute atomic E-state index is 0.0175.